The molecule has 0 aromatic carbocycles. The molecule has 0 bridgehead atoms. The molecule has 0 aliphatic carbocycles. The first-order valence-electron chi connectivity index (χ1n) is 3.81. The number of carbonyl (C=O) groups is 1. The first kappa shape index (κ1) is 7.90. The molecule has 5 nitrogen and oxygen atoms in total. The van der Waals surface area contributed by atoms with Gasteiger partial charge in [0.25, 0.3) is 0 Å². The highest BCUT2D eigenvalue weighted by Gasteiger charge is 2.41. The van der Waals surface area contributed by atoms with Crippen LogP contribution in [0.1, 0.15) is 6.92 Å². The standard InChI is InChI=1S/C6H10N4OS/c1-2-3-4(10-9-2)5(11)8-6(12)7-3/h2-4,9-10H,1H3,(H2,7,8,11,12). The number of thiocarbonyl (C=S) groups is 1. The Kier molecular flexibility index (Phi) is 1.75. The van der Waals surface area contributed by atoms with Crippen molar-refractivity contribution >= 4 is 23.2 Å². The fourth-order valence-corrected chi connectivity index (χ4v) is 1.74. The van der Waals surface area contributed by atoms with Crippen LogP contribution in [0.25, 0.3) is 0 Å². The van der Waals surface area contributed by atoms with E-state index in [1.54, 1.807) is 0 Å². The molecule has 12 heavy (non-hydrogen) atoms. The van der Waals surface area contributed by atoms with Gasteiger partial charge in [-0.1, -0.05) is 0 Å². The zero-order valence-electron chi connectivity index (χ0n) is 6.55. The number of hydrazine groups is 1. The van der Waals surface area contributed by atoms with E-state index in [-0.39, 0.29) is 24.0 Å². The Morgan fingerprint density at radius 1 is 1.42 bits per heavy atom. The summed E-state index contributed by atoms with van der Waals surface area (Å²) in [5, 5.41) is 6.00. The molecule has 1 amide bonds. The lowest BCUT2D eigenvalue weighted by molar-refractivity contribution is -0.122. The molecule has 2 rings (SSSR count). The zero-order chi connectivity index (χ0) is 8.72. The number of rotatable bonds is 0. The minimum atomic E-state index is -0.216. The van der Waals surface area contributed by atoms with Gasteiger partial charge in [-0.05, 0) is 19.1 Å². The molecule has 0 radical (unpaired) electrons. The summed E-state index contributed by atoms with van der Waals surface area (Å²) in [6.07, 6.45) is 0. The van der Waals surface area contributed by atoms with Gasteiger partial charge in [0.1, 0.15) is 6.04 Å². The van der Waals surface area contributed by atoms with E-state index in [9.17, 15) is 4.79 Å². The summed E-state index contributed by atoms with van der Waals surface area (Å²) in [5.41, 5.74) is 5.87. The van der Waals surface area contributed by atoms with Crippen LogP contribution in [0.3, 0.4) is 0 Å². The molecule has 66 valence electrons. The molecule has 2 saturated heterocycles. The molecule has 2 fully saturated rings. The van der Waals surface area contributed by atoms with Gasteiger partial charge >= 0.3 is 0 Å². The van der Waals surface area contributed by atoms with Gasteiger partial charge in [-0.15, -0.1) is 0 Å². The Morgan fingerprint density at radius 2 is 2.17 bits per heavy atom. The number of carbonyl (C=O) groups excluding carboxylic acids is 1. The maximum Gasteiger partial charge on any atom is 0.246 e. The molecule has 0 spiro atoms. The number of amides is 1. The van der Waals surface area contributed by atoms with E-state index in [4.69, 9.17) is 12.2 Å². The lowest BCUT2D eigenvalue weighted by atomic mass is 10.0. The number of hydrogen-bond acceptors (Lipinski definition) is 4. The van der Waals surface area contributed by atoms with Crippen LogP contribution in [-0.2, 0) is 4.79 Å². The lowest BCUT2D eigenvalue weighted by Gasteiger charge is -2.28. The first-order chi connectivity index (χ1) is 5.68. The third-order valence-corrected chi connectivity index (χ3v) is 2.40. The van der Waals surface area contributed by atoms with E-state index in [1.165, 1.54) is 0 Å². The maximum atomic E-state index is 11.3. The summed E-state index contributed by atoms with van der Waals surface area (Å²) in [5.74, 6) is -0.0689. The summed E-state index contributed by atoms with van der Waals surface area (Å²) in [7, 11) is 0. The van der Waals surface area contributed by atoms with Gasteiger partial charge in [0.05, 0.1) is 6.04 Å². The SMILES string of the molecule is CC1NNC2C(=O)NC(=S)NC12. The summed E-state index contributed by atoms with van der Waals surface area (Å²) in [6.45, 7) is 1.99. The molecule has 4 N–H and O–H groups in total. The molecule has 0 saturated carbocycles. The predicted octanol–water partition coefficient (Wildman–Crippen LogP) is -1.78. The average molecular weight is 186 g/mol. The summed E-state index contributed by atoms with van der Waals surface area (Å²) in [6, 6.07) is 0.0527. The quantitative estimate of drug-likeness (QED) is 0.337. The van der Waals surface area contributed by atoms with E-state index in [0.29, 0.717) is 5.11 Å². The normalized spacial score (nSPS) is 40.2. The Balaban J connectivity index is 2.19. The molecule has 3 unspecified atom stereocenters. The van der Waals surface area contributed by atoms with Crippen LogP contribution in [0.2, 0.25) is 0 Å². The van der Waals surface area contributed by atoms with Crippen LogP contribution in [0.15, 0.2) is 0 Å². The zero-order valence-corrected chi connectivity index (χ0v) is 7.37. The largest absolute Gasteiger partial charge is 0.356 e. The van der Waals surface area contributed by atoms with Gasteiger partial charge in [-0.3, -0.25) is 10.2 Å². The van der Waals surface area contributed by atoms with Crippen molar-refractivity contribution in [2.24, 2.45) is 0 Å². The molecule has 3 atom stereocenters. The average Bonchev–Trinajstić information content (AvgIpc) is 2.33. The van der Waals surface area contributed by atoms with Crippen LogP contribution >= 0.6 is 12.2 Å². The van der Waals surface area contributed by atoms with Crippen molar-refractivity contribution in [1.29, 1.82) is 0 Å². The molecule has 2 aliphatic heterocycles. The monoisotopic (exact) mass is 186 g/mol. The highest BCUT2D eigenvalue weighted by molar-refractivity contribution is 7.80. The smallest absolute Gasteiger partial charge is 0.246 e. The second-order valence-electron chi connectivity index (χ2n) is 3.04. The van der Waals surface area contributed by atoms with Crippen molar-refractivity contribution in [2.75, 3.05) is 0 Å². The van der Waals surface area contributed by atoms with E-state index >= 15 is 0 Å². The predicted molar refractivity (Wildman–Crippen MR) is 47.2 cm³/mol. The van der Waals surface area contributed by atoms with E-state index in [2.05, 4.69) is 21.5 Å². The molecule has 0 aromatic rings. The van der Waals surface area contributed by atoms with E-state index < -0.39 is 0 Å². The Bertz CT molecular complexity index is 244. The van der Waals surface area contributed by atoms with Crippen molar-refractivity contribution in [3.8, 4) is 0 Å². The highest BCUT2D eigenvalue weighted by atomic mass is 32.1. The molecule has 0 aromatic heterocycles. The lowest BCUT2D eigenvalue weighted by Crippen LogP contribution is -2.63. The second-order valence-corrected chi connectivity index (χ2v) is 3.45. The number of nitrogens with one attached hydrogen (secondary N) is 4. The third kappa shape index (κ3) is 1.08. The third-order valence-electron chi connectivity index (χ3n) is 2.18. The fraction of sp³-hybridized carbons (Fsp3) is 0.667. The van der Waals surface area contributed by atoms with Crippen LogP contribution in [0.5, 0.6) is 0 Å². The minimum absolute atomic E-state index is 0.0613. The van der Waals surface area contributed by atoms with Gasteiger partial charge in [-0.25, -0.2) is 5.43 Å². The summed E-state index contributed by atoms with van der Waals surface area (Å²) in [4.78, 5) is 11.3. The van der Waals surface area contributed by atoms with Gasteiger partial charge in [0, 0.05) is 6.04 Å². The van der Waals surface area contributed by atoms with Gasteiger partial charge < -0.3 is 10.6 Å². The van der Waals surface area contributed by atoms with Crippen LogP contribution < -0.4 is 21.5 Å². The Hall–Kier alpha value is -0.720. The van der Waals surface area contributed by atoms with Gasteiger partial charge in [-0.2, -0.15) is 0 Å². The van der Waals surface area contributed by atoms with Crippen molar-refractivity contribution in [1.82, 2.24) is 21.5 Å². The van der Waals surface area contributed by atoms with Crippen LogP contribution in [-0.4, -0.2) is 29.1 Å². The molecule has 2 heterocycles. The van der Waals surface area contributed by atoms with E-state index in [1.807, 2.05) is 6.92 Å². The number of fused-ring (bicyclic) bond motifs is 1. The molecular weight excluding hydrogens is 176 g/mol. The Morgan fingerprint density at radius 3 is 2.92 bits per heavy atom. The molecule has 6 heteroatoms. The van der Waals surface area contributed by atoms with E-state index in [0.717, 1.165) is 0 Å². The van der Waals surface area contributed by atoms with Crippen molar-refractivity contribution in [2.45, 2.75) is 25.0 Å². The van der Waals surface area contributed by atoms with Crippen molar-refractivity contribution in [3.05, 3.63) is 0 Å². The van der Waals surface area contributed by atoms with Crippen molar-refractivity contribution in [3.63, 3.8) is 0 Å². The minimum Gasteiger partial charge on any atom is -0.356 e. The highest BCUT2D eigenvalue weighted by Crippen LogP contribution is 2.09. The first-order valence-corrected chi connectivity index (χ1v) is 4.22. The molecule has 2 aliphatic rings. The Labute approximate surface area is 75.2 Å². The number of hydrogen-bond donors (Lipinski definition) is 4. The topological polar surface area (TPSA) is 65.2 Å². The van der Waals surface area contributed by atoms with Crippen molar-refractivity contribution < 1.29 is 4.79 Å². The van der Waals surface area contributed by atoms with Crippen LogP contribution in [0, 0.1) is 0 Å². The maximum absolute atomic E-state index is 11.3. The summed E-state index contributed by atoms with van der Waals surface area (Å²) >= 11 is 4.86. The molecular formula is C6H10N4OS. The summed E-state index contributed by atoms with van der Waals surface area (Å²) < 4.78 is 0. The second kappa shape index (κ2) is 2.65. The van der Waals surface area contributed by atoms with Gasteiger partial charge in [0.15, 0.2) is 5.11 Å². The van der Waals surface area contributed by atoms with Gasteiger partial charge in [0.2, 0.25) is 5.91 Å². The fourth-order valence-electron chi connectivity index (χ4n) is 1.50. The van der Waals surface area contributed by atoms with Crippen LogP contribution in [0.4, 0.5) is 0 Å².